The first-order chi connectivity index (χ1) is 14.7. The number of carbonyl (C=O) groups excluding carboxylic acids is 1. The fraction of sp³-hybridized carbons (Fsp3) is 0.682. The number of benzene rings is 1. The Morgan fingerprint density at radius 3 is 2.10 bits per heavy atom. The zero-order chi connectivity index (χ0) is 22.2. The van der Waals surface area contributed by atoms with Crippen molar-refractivity contribution in [2.75, 3.05) is 20.1 Å². The van der Waals surface area contributed by atoms with Gasteiger partial charge in [-0.05, 0) is 75.0 Å². The number of nitrogens with zero attached hydrogens (tertiary/aromatic N) is 2. The lowest BCUT2D eigenvalue weighted by Crippen LogP contribution is -2.52. The quantitative estimate of drug-likeness (QED) is 0.738. The van der Waals surface area contributed by atoms with E-state index in [0.717, 1.165) is 44.6 Å². The summed E-state index contributed by atoms with van der Waals surface area (Å²) >= 11 is 0. The zero-order valence-electron chi connectivity index (χ0n) is 17.9. The third-order valence-corrected chi connectivity index (χ3v) is 9.41. The van der Waals surface area contributed by atoms with Crippen LogP contribution in [0, 0.1) is 11.6 Å². The van der Waals surface area contributed by atoms with E-state index in [-0.39, 0.29) is 29.3 Å². The molecule has 2 aliphatic carbocycles. The standard InChI is InChI=1S/C22H31F2N3O3S/c1-26(20-8-10-27(11-9-20)31(29,30)21-6-7-21)22(28)25-19-4-2-15(3-5-19)16-12-17(23)14-18(24)13-16/h12-15,19-21H,2-11H2,1H3,(H,25,28). The number of nitrogens with one attached hydrogen (secondary N) is 1. The average Bonchev–Trinajstić information content (AvgIpc) is 3.59. The van der Waals surface area contributed by atoms with E-state index in [0.29, 0.717) is 31.5 Å². The van der Waals surface area contributed by atoms with Crippen molar-refractivity contribution in [3.8, 4) is 0 Å². The summed E-state index contributed by atoms with van der Waals surface area (Å²) < 4.78 is 53.3. The second kappa shape index (κ2) is 9.02. The van der Waals surface area contributed by atoms with Gasteiger partial charge in [-0.25, -0.2) is 26.3 Å². The molecule has 0 unspecified atom stereocenters. The Balaban J connectivity index is 1.23. The number of amides is 2. The van der Waals surface area contributed by atoms with Crippen molar-refractivity contribution in [1.29, 1.82) is 0 Å². The van der Waals surface area contributed by atoms with Crippen molar-refractivity contribution in [2.45, 2.75) is 74.6 Å². The molecule has 1 N–H and O–H groups in total. The number of hydrogen-bond acceptors (Lipinski definition) is 3. The van der Waals surface area contributed by atoms with Crippen molar-refractivity contribution >= 4 is 16.1 Å². The minimum atomic E-state index is -3.15. The van der Waals surface area contributed by atoms with E-state index in [1.54, 1.807) is 16.3 Å². The van der Waals surface area contributed by atoms with Crippen molar-refractivity contribution < 1.29 is 22.0 Å². The molecule has 0 spiro atoms. The molecule has 1 aromatic carbocycles. The van der Waals surface area contributed by atoms with Crippen LogP contribution in [0.5, 0.6) is 0 Å². The van der Waals surface area contributed by atoms with E-state index < -0.39 is 21.7 Å². The molecule has 4 rings (SSSR count). The van der Waals surface area contributed by atoms with Crippen molar-refractivity contribution in [2.24, 2.45) is 0 Å². The van der Waals surface area contributed by atoms with E-state index in [4.69, 9.17) is 0 Å². The molecule has 31 heavy (non-hydrogen) atoms. The van der Waals surface area contributed by atoms with Crippen molar-refractivity contribution in [1.82, 2.24) is 14.5 Å². The molecule has 0 radical (unpaired) electrons. The van der Waals surface area contributed by atoms with E-state index >= 15 is 0 Å². The molecule has 0 aromatic heterocycles. The first-order valence-corrected chi connectivity index (χ1v) is 12.7. The highest BCUT2D eigenvalue weighted by Crippen LogP contribution is 2.34. The van der Waals surface area contributed by atoms with Gasteiger partial charge in [0.25, 0.3) is 0 Å². The minimum absolute atomic E-state index is 0.0252. The summed E-state index contributed by atoms with van der Waals surface area (Å²) in [6.45, 7) is 0.937. The molecule has 6 nitrogen and oxygen atoms in total. The molecule has 2 saturated carbocycles. The van der Waals surface area contributed by atoms with Gasteiger partial charge in [-0.15, -0.1) is 0 Å². The predicted molar refractivity (Wildman–Crippen MR) is 114 cm³/mol. The summed E-state index contributed by atoms with van der Waals surface area (Å²) in [4.78, 5) is 14.4. The lowest BCUT2D eigenvalue weighted by atomic mass is 9.81. The van der Waals surface area contributed by atoms with Gasteiger partial charge in [-0.3, -0.25) is 0 Å². The Bertz CT molecular complexity index is 886. The number of carbonyl (C=O) groups is 1. The van der Waals surface area contributed by atoms with Crippen LogP contribution in [0.1, 0.15) is 62.8 Å². The molecule has 3 fully saturated rings. The van der Waals surface area contributed by atoms with Crippen LogP contribution in [0.25, 0.3) is 0 Å². The topological polar surface area (TPSA) is 69.7 Å². The Labute approximate surface area is 183 Å². The molecule has 1 aliphatic heterocycles. The smallest absolute Gasteiger partial charge is 0.317 e. The van der Waals surface area contributed by atoms with Crippen LogP contribution in [0.4, 0.5) is 13.6 Å². The average molecular weight is 456 g/mol. The van der Waals surface area contributed by atoms with Gasteiger partial charge in [0.2, 0.25) is 10.0 Å². The highest BCUT2D eigenvalue weighted by molar-refractivity contribution is 7.90. The van der Waals surface area contributed by atoms with Gasteiger partial charge < -0.3 is 10.2 Å². The molecule has 1 saturated heterocycles. The first kappa shape index (κ1) is 22.5. The molecular formula is C22H31F2N3O3S. The zero-order valence-corrected chi connectivity index (χ0v) is 18.7. The van der Waals surface area contributed by atoms with Gasteiger partial charge in [-0.1, -0.05) is 0 Å². The van der Waals surface area contributed by atoms with Gasteiger partial charge in [0.1, 0.15) is 11.6 Å². The van der Waals surface area contributed by atoms with E-state index in [1.807, 2.05) is 0 Å². The molecule has 0 bridgehead atoms. The molecule has 172 valence electrons. The van der Waals surface area contributed by atoms with Crippen LogP contribution in [0.15, 0.2) is 18.2 Å². The maximum Gasteiger partial charge on any atom is 0.317 e. The minimum Gasteiger partial charge on any atom is -0.335 e. The summed E-state index contributed by atoms with van der Waals surface area (Å²) in [5, 5.41) is 2.90. The lowest BCUT2D eigenvalue weighted by Gasteiger charge is -2.37. The number of hydrogen-bond donors (Lipinski definition) is 1. The van der Waals surface area contributed by atoms with Crippen LogP contribution in [0.2, 0.25) is 0 Å². The summed E-state index contributed by atoms with van der Waals surface area (Å²) in [6, 6.07) is 3.62. The maximum absolute atomic E-state index is 13.5. The van der Waals surface area contributed by atoms with Gasteiger partial charge in [0.15, 0.2) is 0 Å². The van der Waals surface area contributed by atoms with Crippen LogP contribution in [-0.4, -0.2) is 61.1 Å². The Morgan fingerprint density at radius 1 is 0.968 bits per heavy atom. The molecule has 1 heterocycles. The molecule has 9 heteroatoms. The molecule has 1 aromatic rings. The number of sulfonamides is 1. The second-order valence-corrected chi connectivity index (χ2v) is 11.4. The first-order valence-electron chi connectivity index (χ1n) is 11.2. The molecule has 0 atom stereocenters. The summed E-state index contributed by atoms with van der Waals surface area (Å²) in [7, 11) is -1.38. The highest BCUT2D eigenvalue weighted by atomic mass is 32.2. The largest absolute Gasteiger partial charge is 0.335 e. The summed E-state index contributed by atoms with van der Waals surface area (Å²) in [5.41, 5.74) is 0.687. The predicted octanol–water partition coefficient (Wildman–Crippen LogP) is 3.59. The van der Waals surface area contributed by atoms with Crippen molar-refractivity contribution in [3.63, 3.8) is 0 Å². The molecule has 2 amide bonds. The van der Waals surface area contributed by atoms with Gasteiger partial charge in [0, 0.05) is 38.3 Å². The number of urea groups is 1. The Hall–Kier alpha value is -1.74. The molecular weight excluding hydrogens is 424 g/mol. The van der Waals surface area contributed by atoms with Crippen LogP contribution >= 0.6 is 0 Å². The monoisotopic (exact) mass is 455 g/mol. The van der Waals surface area contributed by atoms with Gasteiger partial charge in [-0.2, -0.15) is 0 Å². The van der Waals surface area contributed by atoms with Crippen LogP contribution in [0.3, 0.4) is 0 Å². The van der Waals surface area contributed by atoms with Gasteiger partial charge in [0.05, 0.1) is 5.25 Å². The highest BCUT2D eigenvalue weighted by Gasteiger charge is 2.41. The third kappa shape index (κ3) is 5.19. The van der Waals surface area contributed by atoms with E-state index in [2.05, 4.69) is 5.32 Å². The van der Waals surface area contributed by atoms with Crippen LogP contribution < -0.4 is 5.32 Å². The van der Waals surface area contributed by atoms with Crippen molar-refractivity contribution in [3.05, 3.63) is 35.4 Å². The summed E-state index contributed by atoms with van der Waals surface area (Å²) in [5.74, 6) is -1.00. The maximum atomic E-state index is 13.5. The van der Waals surface area contributed by atoms with E-state index in [1.165, 1.54) is 12.1 Å². The fourth-order valence-electron chi connectivity index (χ4n) is 4.88. The SMILES string of the molecule is CN(C(=O)NC1CCC(c2cc(F)cc(F)c2)CC1)C1CCN(S(=O)(=O)C2CC2)CC1. The lowest BCUT2D eigenvalue weighted by molar-refractivity contribution is 0.157. The summed E-state index contributed by atoms with van der Waals surface area (Å²) in [6.07, 6.45) is 5.90. The Kier molecular flexibility index (Phi) is 6.53. The fourth-order valence-corrected chi connectivity index (χ4v) is 6.76. The van der Waals surface area contributed by atoms with Crippen LogP contribution in [-0.2, 0) is 10.0 Å². The van der Waals surface area contributed by atoms with E-state index in [9.17, 15) is 22.0 Å². The third-order valence-electron chi connectivity index (χ3n) is 7.01. The second-order valence-electron chi connectivity index (χ2n) is 9.19. The normalized spacial score (nSPS) is 25.9. The number of halogens is 2. The van der Waals surface area contributed by atoms with Gasteiger partial charge >= 0.3 is 6.03 Å². The Morgan fingerprint density at radius 2 is 1.55 bits per heavy atom. The molecule has 3 aliphatic rings. The number of rotatable bonds is 5. The number of piperidine rings is 1.